The van der Waals surface area contributed by atoms with Crippen LogP contribution in [0.2, 0.25) is 0 Å². The van der Waals surface area contributed by atoms with E-state index in [0.717, 1.165) is 30.4 Å². The van der Waals surface area contributed by atoms with E-state index in [-0.39, 0.29) is 17.2 Å². The first-order valence-electron chi connectivity index (χ1n) is 11.5. The number of hydrogen-bond acceptors (Lipinski definition) is 6. The average Bonchev–Trinajstić information content (AvgIpc) is 2.96. The Morgan fingerprint density at radius 3 is 2.38 bits per heavy atom. The molecular formula is C26H32N4O2. The first-order chi connectivity index (χ1) is 15.0. The van der Waals surface area contributed by atoms with Gasteiger partial charge in [0.2, 0.25) is 17.1 Å². The lowest BCUT2D eigenvalue weighted by Gasteiger charge is -2.54. The highest BCUT2D eigenvalue weighted by Crippen LogP contribution is 2.68. The van der Waals surface area contributed by atoms with E-state index in [9.17, 15) is 15.8 Å². The number of rotatable bonds is 2. The molecule has 32 heavy (non-hydrogen) atoms. The molecule has 2 heterocycles. The van der Waals surface area contributed by atoms with E-state index in [1.165, 1.54) is 0 Å². The molecule has 2 saturated heterocycles. The van der Waals surface area contributed by atoms with Crippen LogP contribution in [0.3, 0.4) is 0 Å². The Balaban J connectivity index is 1.85. The van der Waals surface area contributed by atoms with Crippen molar-refractivity contribution >= 4 is 5.90 Å². The van der Waals surface area contributed by atoms with Gasteiger partial charge in [-0.1, -0.05) is 39.0 Å². The highest BCUT2D eigenvalue weighted by Gasteiger charge is 2.81. The molecule has 3 fully saturated rings. The molecule has 168 valence electrons. The fourth-order valence-corrected chi connectivity index (χ4v) is 6.50. The van der Waals surface area contributed by atoms with E-state index in [2.05, 4.69) is 51.6 Å². The molecule has 1 saturated carbocycles. The van der Waals surface area contributed by atoms with Crippen LogP contribution in [0.4, 0.5) is 0 Å². The lowest BCUT2D eigenvalue weighted by Crippen LogP contribution is -2.64. The van der Waals surface area contributed by atoms with Crippen LogP contribution in [0.15, 0.2) is 23.8 Å². The van der Waals surface area contributed by atoms with Gasteiger partial charge in [0.05, 0.1) is 24.1 Å². The predicted octanol–water partition coefficient (Wildman–Crippen LogP) is 5.40. The monoisotopic (exact) mass is 432 g/mol. The summed E-state index contributed by atoms with van der Waals surface area (Å²) in [6.45, 7) is 12.6. The molecule has 2 aliphatic heterocycles. The Morgan fingerprint density at radius 1 is 1.19 bits per heavy atom. The first kappa shape index (κ1) is 22.6. The quantitative estimate of drug-likeness (QED) is 0.587. The Bertz CT molecular complexity index is 1000. The standard InChI is InChI=1S/C26H32N4O2/c1-16(2)17-6-8-18(9-7-17)21-24(13-27,14-28)25(15-29)20-12-19(23(3,4)5)10-11-26(20,31-21)32-22(25)30/h8,17,19-21,30H,1,6-7,9-12H2,2-5H3. The minimum absolute atomic E-state index is 0.00212. The van der Waals surface area contributed by atoms with Crippen LogP contribution in [0, 0.1) is 73.4 Å². The summed E-state index contributed by atoms with van der Waals surface area (Å²) in [5, 5.41) is 40.1. The first-order valence-corrected chi connectivity index (χ1v) is 11.5. The normalized spacial score (nSPS) is 40.0. The van der Waals surface area contributed by atoms with Crippen LogP contribution < -0.4 is 0 Å². The summed E-state index contributed by atoms with van der Waals surface area (Å²) in [5.74, 6) is -1.27. The molecule has 0 aromatic rings. The maximum Gasteiger partial charge on any atom is 0.217 e. The number of hydrogen-bond donors (Lipinski definition) is 1. The van der Waals surface area contributed by atoms with Crippen molar-refractivity contribution in [2.75, 3.05) is 0 Å². The zero-order valence-electron chi connectivity index (χ0n) is 19.5. The maximum absolute atomic E-state index is 10.5. The van der Waals surface area contributed by atoms with E-state index in [4.69, 9.17) is 14.9 Å². The van der Waals surface area contributed by atoms with Gasteiger partial charge in [-0.15, -0.1) is 0 Å². The zero-order valence-corrected chi connectivity index (χ0v) is 19.5. The lowest BCUT2D eigenvalue weighted by atomic mass is 9.49. The topological polar surface area (TPSA) is 114 Å². The second kappa shape index (κ2) is 7.19. The number of nitriles is 3. The number of nitrogens with zero attached hydrogens (tertiary/aromatic N) is 3. The van der Waals surface area contributed by atoms with Gasteiger partial charge in [0.1, 0.15) is 6.10 Å². The van der Waals surface area contributed by atoms with Crippen molar-refractivity contribution in [1.82, 2.24) is 0 Å². The summed E-state index contributed by atoms with van der Waals surface area (Å²) < 4.78 is 12.7. The molecule has 6 heteroatoms. The molecule has 0 amide bonds. The second-order valence-corrected chi connectivity index (χ2v) is 11.2. The Morgan fingerprint density at radius 2 is 1.88 bits per heavy atom. The Hall–Kier alpha value is -2.62. The Labute approximate surface area is 191 Å². The molecule has 4 rings (SSSR count). The molecule has 2 bridgehead atoms. The summed E-state index contributed by atoms with van der Waals surface area (Å²) >= 11 is 0. The predicted molar refractivity (Wildman–Crippen MR) is 119 cm³/mol. The van der Waals surface area contributed by atoms with Crippen LogP contribution in [-0.2, 0) is 9.47 Å². The number of nitrogens with one attached hydrogen (secondary N) is 1. The van der Waals surface area contributed by atoms with Crippen molar-refractivity contribution < 1.29 is 9.47 Å². The molecule has 6 nitrogen and oxygen atoms in total. The average molecular weight is 433 g/mol. The molecule has 0 aromatic heterocycles. The van der Waals surface area contributed by atoms with Gasteiger partial charge >= 0.3 is 0 Å². The third-order valence-corrected chi connectivity index (χ3v) is 8.61. The van der Waals surface area contributed by atoms with Crippen molar-refractivity contribution in [3.63, 3.8) is 0 Å². The summed E-state index contributed by atoms with van der Waals surface area (Å²) in [7, 11) is 0. The largest absolute Gasteiger partial charge is 0.447 e. The van der Waals surface area contributed by atoms with Gasteiger partial charge in [-0.05, 0) is 61.9 Å². The van der Waals surface area contributed by atoms with E-state index in [0.29, 0.717) is 25.2 Å². The van der Waals surface area contributed by atoms with Crippen LogP contribution in [-0.4, -0.2) is 17.8 Å². The molecular weight excluding hydrogens is 400 g/mol. The molecule has 0 aromatic carbocycles. The van der Waals surface area contributed by atoms with E-state index in [1.54, 1.807) is 0 Å². The molecule has 4 aliphatic rings. The minimum Gasteiger partial charge on any atom is -0.447 e. The second-order valence-electron chi connectivity index (χ2n) is 11.2. The van der Waals surface area contributed by atoms with Crippen molar-refractivity contribution in [2.45, 2.75) is 78.1 Å². The summed E-state index contributed by atoms with van der Waals surface area (Å²) in [6, 6.07) is 6.69. The van der Waals surface area contributed by atoms with Gasteiger partial charge in [0, 0.05) is 6.42 Å². The van der Waals surface area contributed by atoms with Crippen molar-refractivity contribution in [3.05, 3.63) is 23.8 Å². The molecule has 6 atom stereocenters. The van der Waals surface area contributed by atoms with E-state index < -0.39 is 28.6 Å². The van der Waals surface area contributed by atoms with Gasteiger partial charge in [-0.25, -0.2) is 0 Å². The third-order valence-electron chi connectivity index (χ3n) is 8.61. The summed E-state index contributed by atoms with van der Waals surface area (Å²) in [6.07, 6.45) is 5.49. The SMILES string of the molecule is C=C(C)C1CC=C(C2OC34CCC(C(C)(C)C)CC3C(C#N)(C(=N)O4)C2(C#N)C#N)CC1. The van der Waals surface area contributed by atoms with Crippen LogP contribution in [0.5, 0.6) is 0 Å². The summed E-state index contributed by atoms with van der Waals surface area (Å²) in [4.78, 5) is 0. The van der Waals surface area contributed by atoms with Crippen molar-refractivity contribution in [1.29, 1.82) is 21.2 Å². The van der Waals surface area contributed by atoms with Crippen LogP contribution in [0.25, 0.3) is 0 Å². The molecule has 0 radical (unpaired) electrons. The van der Waals surface area contributed by atoms with Gasteiger partial charge in [0.15, 0.2) is 5.41 Å². The number of ether oxygens (including phenoxy) is 2. The fourth-order valence-electron chi connectivity index (χ4n) is 6.50. The molecule has 0 spiro atoms. The van der Waals surface area contributed by atoms with Crippen LogP contribution in [0.1, 0.15) is 66.2 Å². The molecule has 2 aliphatic carbocycles. The highest BCUT2D eigenvalue weighted by molar-refractivity contribution is 5.89. The van der Waals surface area contributed by atoms with E-state index >= 15 is 0 Å². The minimum atomic E-state index is -1.83. The van der Waals surface area contributed by atoms with Gasteiger partial charge < -0.3 is 9.47 Å². The number of allylic oxidation sites excluding steroid dienone is 2. The van der Waals surface area contributed by atoms with E-state index in [1.807, 2.05) is 6.92 Å². The molecule has 1 N–H and O–H groups in total. The highest BCUT2D eigenvalue weighted by atomic mass is 16.7. The lowest BCUT2D eigenvalue weighted by molar-refractivity contribution is -0.291. The molecule has 6 unspecified atom stereocenters. The van der Waals surface area contributed by atoms with Gasteiger partial charge in [-0.2, -0.15) is 15.8 Å². The zero-order chi connectivity index (χ0) is 23.5. The smallest absolute Gasteiger partial charge is 0.217 e. The fraction of sp³-hybridized carbons (Fsp3) is 0.692. The van der Waals surface area contributed by atoms with Gasteiger partial charge in [-0.3, -0.25) is 5.41 Å². The third kappa shape index (κ3) is 2.74. The Kier molecular flexibility index (Phi) is 5.07. The van der Waals surface area contributed by atoms with Crippen molar-refractivity contribution in [2.24, 2.45) is 34.0 Å². The maximum atomic E-state index is 10.5. The van der Waals surface area contributed by atoms with Crippen molar-refractivity contribution in [3.8, 4) is 18.2 Å². The van der Waals surface area contributed by atoms with Crippen LogP contribution >= 0.6 is 0 Å². The van der Waals surface area contributed by atoms with Gasteiger partial charge in [0.25, 0.3) is 0 Å². The summed E-state index contributed by atoms with van der Waals surface area (Å²) in [5.41, 5.74) is -1.48.